The normalized spacial score (nSPS) is 13.0. The lowest BCUT2D eigenvalue weighted by Gasteiger charge is -2.20. The predicted octanol–water partition coefficient (Wildman–Crippen LogP) is 3.75. The Labute approximate surface area is 121 Å². The molecule has 4 heteroatoms. The van der Waals surface area contributed by atoms with E-state index in [1.807, 2.05) is 12.1 Å². The molecule has 0 saturated heterocycles. The van der Waals surface area contributed by atoms with Crippen LogP contribution >= 0.6 is 0 Å². The van der Waals surface area contributed by atoms with Gasteiger partial charge in [-0.3, -0.25) is 0 Å². The number of hydrogen-bond acceptors (Lipinski definition) is 4. The smallest absolute Gasteiger partial charge is 0.139 e. The van der Waals surface area contributed by atoms with Crippen molar-refractivity contribution in [2.24, 2.45) is 0 Å². The molecule has 2 aromatic rings. The van der Waals surface area contributed by atoms with Crippen LogP contribution in [0, 0.1) is 0 Å². The van der Waals surface area contributed by atoms with Gasteiger partial charge < -0.3 is 14.6 Å². The van der Waals surface area contributed by atoms with Gasteiger partial charge in [-0.05, 0) is 51.5 Å². The first-order valence-corrected chi connectivity index (χ1v) is 7.55. The van der Waals surface area contributed by atoms with Crippen molar-refractivity contribution < 1.29 is 4.42 Å². The number of aromatic nitrogens is 1. The van der Waals surface area contributed by atoms with Gasteiger partial charge in [-0.25, -0.2) is 4.98 Å². The van der Waals surface area contributed by atoms with Crippen molar-refractivity contribution in [3.8, 4) is 0 Å². The molecule has 2 aromatic heterocycles. The molecular formula is C16H25N3O. The zero-order chi connectivity index (χ0) is 14.4. The maximum absolute atomic E-state index is 5.40. The number of nitrogens with zero attached hydrogens (tertiary/aromatic N) is 2. The number of fused-ring (bicyclic) bond motifs is 1. The molecule has 0 aliphatic carbocycles. The van der Waals surface area contributed by atoms with Crippen molar-refractivity contribution in [3.05, 3.63) is 24.6 Å². The van der Waals surface area contributed by atoms with Crippen LogP contribution in [-0.2, 0) is 0 Å². The van der Waals surface area contributed by atoms with Crippen LogP contribution in [0.15, 0.2) is 29.0 Å². The quantitative estimate of drug-likeness (QED) is 0.796. The highest BCUT2D eigenvalue weighted by Crippen LogP contribution is 2.22. The molecule has 1 atom stereocenters. The highest BCUT2D eigenvalue weighted by Gasteiger charge is 2.08. The Kier molecular flexibility index (Phi) is 5.41. The van der Waals surface area contributed by atoms with E-state index in [0.29, 0.717) is 6.04 Å². The largest absolute Gasteiger partial charge is 0.464 e. The van der Waals surface area contributed by atoms with Crippen molar-refractivity contribution in [1.82, 2.24) is 9.88 Å². The minimum Gasteiger partial charge on any atom is -0.464 e. The summed E-state index contributed by atoms with van der Waals surface area (Å²) < 4.78 is 5.40. The van der Waals surface area contributed by atoms with Gasteiger partial charge in [-0.15, -0.1) is 0 Å². The Morgan fingerprint density at radius 2 is 2.10 bits per heavy atom. The van der Waals surface area contributed by atoms with Gasteiger partial charge in [0.25, 0.3) is 0 Å². The number of nitrogens with one attached hydrogen (secondary N) is 1. The molecule has 0 spiro atoms. The number of anilines is 1. The summed E-state index contributed by atoms with van der Waals surface area (Å²) in [6, 6.07) is 4.28. The van der Waals surface area contributed by atoms with Gasteiger partial charge in [0.05, 0.1) is 11.6 Å². The molecule has 2 rings (SSSR count). The first kappa shape index (κ1) is 14.9. The Hall–Kier alpha value is -1.55. The third kappa shape index (κ3) is 3.73. The Morgan fingerprint density at radius 3 is 2.85 bits per heavy atom. The molecule has 1 unspecified atom stereocenters. The van der Waals surface area contributed by atoms with Crippen LogP contribution in [0.5, 0.6) is 0 Å². The summed E-state index contributed by atoms with van der Waals surface area (Å²) in [7, 11) is 0. The molecule has 4 nitrogen and oxygen atoms in total. The molecule has 0 aliphatic rings. The second-order valence-corrected chi connectivity index (χ2v) is 5.21. The van der Waals surface area contributed by atoms with E-state index >= 15 is 0 Å². The number of hydrogen-bond donors (Lipinski definition) is 1. The summed E-state index contributed by atoms with van der Waals surface area (Å²) in [6.07, 6.45) is 5.85. The zero-order valence-corrected chi connectivity index (χ0v) is 12.7. The topological polar surface area (TPSA) is 41.3 Å². The van der Waals surface area contributed by atoms with Gasteiger partial charge >= 0.3 is 0 Å². The summed E-state index contributed by atoms with van der Waals surface area (Å²) in [5.74, 6) is 0.923. The van der Waals surface area contributed by atoms with E-state index < -0.39 is 0 Å². The van der Waals surface area contributed by atoms with Crippen molar-refractivity contribution in [1.29, 1.82) is 0 Å². The van der Waals surface area contributed by atoms with Crippen LogP contribution in [-0.4, -0.2) is 35.6 Å². The molecule has 0 bridgehead atoms. The molecule has 110 valence electrons. The fraction of sp³-hybridized carbons (Fsp3) is 0.562. The lowest BCUT2D eigenvalue weighted by molar-refractivity contribution is 0.295. The van der Waals surface area contributed by atoms with E-state index in [2.05, 4.69) is 36.0 Å². The molecule has 1 N–H and O–H groups in total. The highest BCUT2D eigenvalue weighted by atomic mass is 16.3. The lowest BCUT2D eigenvalue weighted by Crippen LogP contribution is -2.25. The molecule has 20 heavy (non-hydrogen) atoms. The zero-order valence-electron chi connectivity index (χ0n) is 12.7. The van der Waals surface area contributed by atoms with Crippen LogP contribution < -0.4 is 5.32 Å². The van der Waals surface area contributed by atoms with Crippen LogP contribution in [0.3, 0.4) is 0 Å². The summed E-state index contributed by atoms with van der Waals surface area (Å²) in [6.45, 7) is 10.1. The van der Waals surface area contributed by atoms with Gasteiger partial charge in [-0.1, -0.05) is 13.8 Å². The summed E-state index contributed by atoms with van der Waals surface area (Å²) >= 11 is 0. The summed E-state index contributed by atoms with van der Waals surface area (Å²) in [5.41, 5.74) is 0.887. The van der Waals surface area contributed by atoms with Crippen LogP contribution in [0.25, 0.3) is 11.0 Å². The Morgan fingerprint density at radius 1 is 1.30 bits per heavy atom. The average Bonchev–Trinajstić information content (AvgIpc) is 2.93. The van der Waals surface area contributed by atoms with Gasteiger partial charge in [-0.2, -0.15) is 0 Å². The molecule has 0 aromatic carbocycles. The van der Waals surface area contributed by atoms with E-state index in [1.165, 1.54) is 13.0 Å². The van der Waals surface area contributed by atoms with Crippen LogP contribution in [0.2, 0.25) is 0 Å². The minimum absolute atomic E-state index is 0.415. The van der Waals surface area contributed by atoms with Crippen LogP contribution in [0.4, 0.5) is 5.82 Å². The molecule has 0 amide bonds. The van der Waals surface area contributed by atoms with E-state index in [0.717, 1.165) is 36.3 Å². The van der Waals surface area contributed by atoms with Gasteiger partial charge in [0, 0.05) is 12.2 Å². The summed E-state index contributed by atoms with van der Waals surface area (Å²) in [4.78, 5) is 6.87. The lowest BCUT2D eigenvalue weighted by atomic mass is 10.1. The average molecular weight is 275 g/mol. The molecule has 0 aliphatic heterocycles. The second-order valence-electron chi connectivity index (χ2n) is 5.21. The predicted molar refractivity (Wildman–Crippen MR) is 84.1 cm³/mol. The first-order chi connectivity index (χ1) is 9.74. The van der Waals surface area contributed by atoms with E-state index in [4.69, 9.17) is 4.42 Å². The third-order valence-corrected chi connectivity index (χ3v) is 3.77. The fourth-order valence-electron chi connectivity index (χ4n) is 2.48. The first-order valence-electron chi connectivity index (χ1n) is 7.55. The Balaban J connectivity index is 1.85. The van der Waals surface area contributed by atoms with E-state index in [-0.39, 0.29) is 0 Å². The maximum atomic E-state index is 5.40. The molecule has 2 heterocycles. The second kappa shape index (κ2) is 7.29. The number of pyridine rings is 1. The highest BCUT2D eigenvalue weighted by molar-refractivity contribution is 5.87. The van der Waals surface area contributed by atoms with E-state index in [9.17, 15) is 0 Å². The van der Waals surface area contributed by atoms with Crippen LogP contribution in [0.1, 0.15) is 33.6 Å². The van der Waals surface area contributed by atoms with Crippen molar-refractivity contribution in [3.63, 3.8) is 0 Å². The molecule has 0 radical (unpaired) electrons. The van der Waals surface area contributed by atoms with E-state index in [1.54, 1.807) is 12.5 Å². The standard InChI is InChI=1S/C16H25N3O/c1-4-19(5-2)11-6-7-13(3)18-16-14-9-12-20-15(14)8-10-17-16/h8-10,12-13H,4-7,11H2,1-3H3,(H,17,18). The molecule has 0 fully saturated rings. The van der Waals surface area contributed by atoms with Gasteiger partial charge in [0.15, 0.2) is 0 Å². The summed E-state index contributed by atoms with van der Waals surface area (Å²) in [5, 5.41) is 4.55. The Bertz CT molecular complexity index is 519. The van der Waals surface area contributed by atoms with Gasteiger partial charge in [0.2, 0.25) is 0 Å². The minimum atomic E-state index is 0.415. The number of furan rings is 1. The number of rotatable bonds is 8. The fourth-order valence-corrected chi connectivity index (χ4v) is 2.48. The molecular weight excluding hydrogens is 250 g/mol. The van der Waals surface area contributed by atoms with Gasteiger partial charge in [0.1, 0.15) is 11.4 Å². The molecule has 0 saturated carbocycles. The SMILES string of the molecule is CCN(CC)CCCC(C)Nc1nccc2occc12. The van der Waals surface area contributed by atoms with Crippen molar-refractivity contribution in [2.45, 2.75) is 39.7 Å². The van der Waals surface area contributed by atoms with Crippen molar-refractivity contribution >= 4 is 16.8 Å². The third-order valence-electron chi connectivity index (χ3n) is 3.77. The van der Waals surface area contributed by atoms with Crippen molar-refractivity contribution in [2.75, 3.05) is 25.0 Å². The maximum Gasteiger partial charge on any atom is 0.139 e. The monoisotopic (exact) mass is 275 g/mol.